The highest BCUT2D eigenvalue weighted by atomic mass is 16.2. The van der Waals surface area contributed by atoms with E-state index in [1.165, 1.54) is 0 Å². The third kappa shape index (κ3) is 3.76. The molecule has 3 N–H and O–H groups in total. The monoisotopic (exact) mass is 428 g/mol. The fraction of sp³-hybridized carbons (Fsp3) is 0.174. The number of imide groups is 1. The van der Waals surface area contributed by atoms with Crippen LogP contribution >= 0.6 is 0 Å². The van der Waals surface area contributed by atoms with E-state index in [9.17, 15) is 14.4 Å². The second-order valence-electron chi connectivity index (χ2n) is 7.63. The van der Waals surface area contributed by atoms with Crippen LogP contribution in [0.3, 0.4) is 0 Å². The lowest BCUT2D eigenvalue weighted by Gasteiger charge is -2.19. The van der Waals surface area contributed by atoms with Gasteiger partial charge in [0.05, 0.1) is 17.1 Å². The van der Waals surface area contributed by atoms with Gasteiger partial charge < -0.3 is 10.3 Å². The summed E-state index contributed by atoms with van der Waals surface area (Å²) in [5.74, 6) is -0.619. The molecule has 3 amide bonds. The largest absolute Gasteiger partial charge is 0.345 e. The Hall–Kier alpha value is -4.27. The van der Waals surface area contributed by atoms with Crippen molar-refractivity contribution in [2.45, 2.75) is 25.3 Å². The summed E-state index contributed by atoms with van der Waals surface area (Å²) in [6.45, 7) is -0.00623. The normalized spacial score (nSPS) is 16.2. The maximum atomic E-state index is 12.7. The van der Waals surface area contributed by atoms with Crippen molar-refractivity contribution >= 4 is 34.3 Å². The molecule has 0 radical (unpaired) electrons. The standard InChI is InChI=1S/C23H20N6O3/c30-19-10-9-17(23(32)27-19)21-16-3-1-2-4-18(16)29(28-21)13-20(31)26-15-7-5-14(6-8-15)22-24-11-12-25-22/h1-8,11-12,17H,9-10,13H2,(H,24,25)(H,26,31)(H,27,30,32). The number of carbonyl (C=O) groups excluding carboxylic acids is 3. The molecule has 9 nitrogen and oxygen atoms in total. The van der Waals surface area contributed by atoms with Crippen molar-refractivity contribution in [1.29, 1.82) is 0 Å². The van der Waals surface area contributed by atoms with E-state index in [1.807, 2.05) is 48.5 Å². The second-order valence-corrected chi connectivity index (χ2v) is 7.63. The van der Waals surface area contributed by atoms with Crippen molar-refractivity contribution in [2.24, 2.45) is 0 Å². The highest BCUT2D eigenvalue weighted by molar-refractivity contribution is 6.02. The lowest BCUT2D eigenvalue weighted by atomic mass is 9.93. The molecule has 9 heteroatoms. The number of nitrogens with one attached hydrogen (secondary N) is 3. The Morgan fingerprint density at radius 2 is 1.94 bits per heavy atom. The number of hydrogen-bond donors (Lipinski definition) is 3. The van der Waals surface area contributed by atoms with E-state index in [-0.39, 0.29) is 30.7 Å². The van der Waals surface area contributed by atoms with E-state index < -0.39 is 5.92 Å². The van der Waals surface area contributed by atoms with Crippen LogP contribution in [0.25, 0.3) is 22.3 Å². The maximum absolute atomic E-state index is 12.7. The Balaban J connectivity index is 1.35. The van der Waals surface area contributed by atoms with Crippen LogP contribution in [0, 0.1) is 0 Å². The molecule has 1 aliphatic heterocycles. The van der Waals surface area contributed by atoms with Gasteiger partial charge in [0.1, 0.15) is 12.4 Å². The van der Waals surface area contributed by atoms with Crippen LogP contribution in [0.15, 0.2) is 60.9 Å². The zero-order chi connectivity index (χ0) is 22.1. The Labute approximate surface area is 182 Å². The summed E-state index contributed by atoms with van der Waals surface area (Å²) in [6.07, 6.45) is 4.11. The SMILES string of the molecule is O=C1CCC(c2nn(CC(=O)Nc3ccc(-c4ncc[nH]4)cc3)c3ccccc23)C(=O)N1. The predicted molar refractivity (Wildman–Crippen MR) is 118 cm³/mol. The van der Waals surface area contributed by atoms with Crippen LogP contribution in [-0.4, -0.2) is 37.5 Å². The minimum atomic E-state index is -0.518. The summed E-state index contributed by atoms with van der Waals surface area (Å²) in [7, 11) is 0. The molecule has 5 rings (SSSR count). The quantitative estimate of drug-likeness (QED) is 0.422. The van der Waals surface area contributed by atoms with Crippen molar-refractivity contribution in [3.63, 3.8) is 0 Å². The number of aromatic nitrogens is 4. The smallest absolute Gasteiger partial charge is 0.246 e. The first-order valence-corrected chi connectivity index (χ1v) is 10.3. The molecule has 0 aliphatic carbocycles. The number of amides is 3. The summed E-state index contributed by atoms with van der Waals surface area (Å²) in [4.78, 5) is 43.8. The molecule has 0 saturated carbocycles. The van der Waals surface area contributed by atoms with Gasteiger partial charge in [-0.2, -0.15) is 5.10 Å². The summed E-state index contributed by atoms with van der Waals surface area (Å²) in [5.41, 5.74) is 2.92. The Bertz CT molecular complexity index is 1310. The highest BCUT2D eigenvalue weighted by Gasteiger charge is 2.31. The van der Waals surface area contributed by atoms with Crippen molar-refractivity contribution in [3.8, 4) is 11.4 Å². The average Bonchev–Trinajstić information content (AvgIpc) is 3.44. The molecule has 1 atom stereocenters. The third-order valence-corrected chi connectivity index (χ3v) is 5.49. The molecule has 32 heavy (non-hydrogen) atoms. The number of anilines is 1. The summed E-state index contributed by atoms with van der Waals surface area (Å²) < 4.78 is 1.60. The first-order valence-electron chi connectivity index (χ1n) is 10.3. The Kier molecular flexibility index (Phi) is 4.98. The average molecular weight is 428 g/mol. The molecule has 4 aromatic rings. The minimum absolute atomic E-state index is 0.00623. The lowest BCUT2D eigenvalue weighted by molar-refractivity contribution is -0.134. The number of H-pyrrole nitrogens is 1. The fourth-order valence-electron chi connectivity index (χ4n) is 3.96. The van der Waals surface area contributed by atoms with Crippen LogP contribution in [0.1, 0.15) is 24.5 Å². The number of aromatic amines is 1. The van der Waals surface area contributed by atoms with Gasteiger partial charge in [-0.3, -0.25) is 24.4 Å². The molecule has 0 bridgehead atoms. The number of hydrogen-bond acceptors (Lipinski definition) is 5. The zero-order valence-electron chi connectivity index (χ0n) is 17.0. The second kappa shape index (κ2) is 8.10. The molecule has 1 aliphatic rings. The minimum Gasteiger partial charge on any atom is -0.345 e. The van der Waals surface area contributed by atoms with E-state index in [0.29, 0.717) is 17.8 Å². The van der Waals surface area contributed by atoms with Crippen molar-refractivity contribution in [3.05, 3.63) is 66.6 Å². The number of benzene rings is 2. The Morgan fingerprint density at radius 1 is 1.12 bits per heavy atom. The first-order chi connectivity index (χ1) is 15.6. The topological polar surface area (TPSA) is 122 Å². The van der Waals surface area contributed by atoms with Gasteiger partial charge in [0.25, 0.3) is 0 Å². The van der Waals surface area contributed by atoms with Gasteiger partial charge in [-0.1, -0.05) is 18.2 Å². The third-order valence-electron chi connectivity index (χ3n) is 5.49. The van der Waals surface area contributed by atoms with Gasteiger partial charge in [-0.15, -0.1) is 0 Å². The number of fused-ring (bicyclic) bond motifs is 1. The predicted octanol–water partition coefficient (Wildman–Crippen LogP) is 2.59. The molecule has 2 aromatic carbocycles. The van der Waals surface area contributed by atoms with Gasteiger partial charge in [0, 0.05) is 35.5 Å². The van der Waals surface area contributed by atoms with Gasteiger partial charge >= 0.3 is 0 Å². The van der Waals surface area contributed by atoms with E-state index >= 15 is 0 Å². The maximum Gasteiger partial charge on any atom is 0.246 e. The van der Waals surface area contributed by atoms with Gasteiger partial charge in [0.2, 0.25) is 17.7 Å². The summed E-state index contributed by atoms with van der Waals surface area (Å²) in [5, 5.41) is 10.6. The number of para-hydroxylation sites is 1. The fourth-order valence-corrected chi connectivity index (χ4v) is 3.96. The van der Waals surface area contributed by atoms with Crippen molar-refractivity contribution in [1.82, 2.24) is 25.1 Å². The van der Waals surface area contributed by atoms with E-state index in [4.69, 9.17) is 0 Å². The molecule has 160 valence electrons. The molecular weight excluding hydrogens is 408 g/mol. The number of rotatable bonds is 5. The highest BCUT2D eigenvalue weighted by Crippen LogP contribution is 2.30. The lowest BCUT2D eigenvalue weighted by Crippen LogP contribution is -2.39. The number of carbonyl (C=O) groups is 3. The van der Waals surface area contributed by atoms with Crippen LogP contribution in [0.2, 0.25) is 0 Å². The van der Waals surface area contributed by atoms with Crippen LogP contribution in [0.4, 0.5) is 5.69 Å². The number of imidazole rings is 1. The summed E-state index contributed by atoms with van der Waals surface area (Å²) in [6, 6.07) is 14.8. The van der Waals surface area contributed by atoms with E-state index in [0.717, 1.165) is 22.3 Å². The van der Waals surface area contributed by atoms with Gasteiger partial charge in [0.15, 0.2) is 0 Å². The molecule has 1 unspecified atom stereocenters. The number of piperidine rings is 1. The van der Waals surface area contributed by atoms with Crippen LogP contribution in [-0.2, 0) is 20.9 Å². The molecule has 2 aromatic heterocycles. The number of nitrogens with zero attached hydrogens (tertiary/aromatic N) is 3. The van der Waals surface area contributed by atoms with Crippen LogP contribution in [0.5, 0.6) is 0 Å². The molecule has 0 spiro atoms. The summed E-state index contributed by atoms with van der Waals surface area (Å²) >= 11 is 0. The Morgan fingerprint density at radius 3 is 2.69 bits per heavy atom. The van der Waals surface area contributed by atoms with Crippen LogP contribution < -0.4 is 10.6 Å². The van der Waals surface area contributed by atoms with E-state index in [2.05, 4.69) is 25.7 Å². The van der Waals surface area contributed by atoms with E-state index in [1.54, 1.807) is 17.1 Å². The zero-order valence-corrected chi connectivity index (χ0v) is 17.0. The first kappa shape index (κ1) is 19.7. The van der Waals surface area contributed by atoms with Gasteiger partial charge in [-0.25, -0.2) is 4.98 Å². The molecule has 1 saturated heterocycles. The molecule has 3 heterocycles. The van der Waals surface area contributed by atoms with Gasteiger partial charge in [-0.05, 0) is 36.8 Å². The van der Waals surface area contributed by atoms with Crippen molar-refractivity contribution in [2.75, 3.05) is 5.32 Å². The molecule has 1 fully saturated rings. The van der Waals surface area contributed by atoms with Crippen molar-refractivity contribution < 1.29 is 14.4 Å². The molecular formula is C23H20N6O3.